The predicted octanol–water partition coefficient (Wildman–Crippen LogP) is 3.24. The van der Waals surface area contributed by atoms with E-state index in [2.05, 4.69) is 26.3 Å². The summed E-state index contributed by atoms with van der Waals surface area (Å²) >= 11 is 0. The Hall–Kier alpha value is -2.85. The minimum atomic E-state index is -1.01. The molecule has 0 spiro atoms. The van der Waals surface area contributed by atoms with E-state index in [4.69, 9.17) is 9.68 Å². The van der Waals surface area contributed by atoms with Gasteiger partial charge in [-0.1, -0.05) is 51.1 Å². The Morgan fingerprint density at radius 3 is 2.59 bits per heavy atom. The normalized spacial score (nSPS) is 19.9. The lowest BCUT2D eigenvalue weighted by Crippen LogP contribution is -2.50. The fourth-order valence-corrected chi connectivity index (χ4v) is 4.24. The highest BCUT2D eigenvalue weighted by atomic mass is 16.7. The first kappa shape index (κ1) is 25.8. The van der Waals surface area contributed by atoms with Crippen molar-refractivity contribution in [1.29, 1.82) is 0 Å². The number of carbonyl (C=O) groups excluding carboxylic acids is 2. The number of fused-ring (bicyclic) bond motifs is 2. The molecule has 34 heavy (non-hydrogen) atoms. The molecule has 2 bridgehead atoms. The molecule has 2 fully saturated rings. The molecule has 0 saturated carbocycles. The van der Waals surface area contributed by atoms with Crippen LogP contribution in [0.2, 0.25) is 0 Å². The maximum absolute atomic E-state index is 12.8. The van der Waals surface area contributed by atoms with E-state index >= 15 is 0 Å². The molecule has 0 aromatic heterocycles. The van der Waals surface area contributed by atoms with Crippen molar-refractivity contribution in [2.75, 3.05) is 26.2 Å². The Morgan fingerprint density at radius 2 is 1.91 bits per heavy atom. The summed E-state index contributed by atoms with van der Waals surface area (Å²) in [6.45, 7) is 7.64. The Kier molecular flexibility index (Phi) is 8.73. The fourth-order valence-electron chi connectivity index (χ4n) is 4.24. The number of carbonyl (C=O) groups is 3. The molecular formula is C24H36N4O6. The third-order valence-corrected chi connectivity index (χ3v) is 6.10. The molecule has 2 saturated heterocycles. The van der Waals surface area contributed by atoms with Crippen LogP contribution in [-0.2, 0) is 21.1 Å². The summed E-state index contributed by atoms with van der Waals surface area (Å²) in [5, 5.41) is 10.8. The van der Waals surface area contributed by atoms with E-state index in [0.29, 0.717) is 25.9 Å². The monoisotopic (exact) mass is 476 g/mol. The first-order valence-corrected chi connectivity index (χ1v) is 11.8. The average Bonchev–Trinajstić information content (AvgIpc) is 3.03. The molecule has 2 N–H and O–H groups in total. The van der Waals surface area contributed by atoms with Gasteiger partial charge in [0, 0.05) is 19.6 Å². The molecule has 10 nitrogen and oxygen atoms in total. The second kappa shape index (κ2) is 11.5. The van der Waals surface area contributed by atoms with Crippen LogP contribution in [0.1, 0.15) is 52.0 Å². The summed E-state index contributed by atoms with van der Waals surface area (Å²) in [5.74, 6) is -0.411. The van der Waals surface area contributed by atoms with Crippen molar-refractivity contribution < 1.29 is 29.2 Å². The fraction of sp³-hybridized carbons (Fsp3) is 0.625. The molecule has 188 valence electrons. The summed E-state index contributed by atoms with van der Waals surface area (Å²) in [6.07, 6.45) is 1.80. The number of nitrogens with one attached hydrogen (secondary N) is 1. The Bertz CT molecular complexity index is 844. The number of hydrogen-bond donors (Lipinski definition) is 2. The maximum atomic E-state index is 12.8. The topological polar surface area (TPSA) is 112 Å². The first-order valence-electron chi connectivity index (χ1n) is 11.8. The van der Waals surface area contributed by atoms with Crippen LogP contribution in [0.25, 0.3) is 0 Å². The molecule has 0 radical (unpaired) electrons. The highest BCUT2D eigenvalue weighted by Crippen LogP contribution is 2.30. The standard InChI is InChI=1S/C24H36N4O6/c1-24(2,3)12-7-13-26(23(31)32)14-15-33-25-21(29)20-11-10-19-16-27(20)22(30)28(19)34-17-18-8-5-4-6-9-18/h4-6,8-9,19-20H,7,10-17H2,1-3H3,(H,25,29)(H,31,32)/t19-,20+/m1/s1. The van der Waals surface area contributed by atoms with Crippen LogP contribution in [-0.4, -0.2) is 76.3 Å². The van der Waals surface area contributed by atoms with Gasteiger partial charge in [-0.25, -0.2) is 15.1 Å². The lowest BCUT2D eigenvalue weighted by Gasteiger charge is -2.29. The van der Waals surface area contributed by atoms with E-state index in [9.17, 15) is 19.5 Å². The zero-order chi connectivity index (χ0) is 24.7. The molecule has 2 aliphatic heterocycles. The van der Waals surface area contributed by atoms with Crippen LogP contribution in [0, 0.1) is 5.41 Å². The number of urea groups is 1. The molecular weight excluding hydrogens is 440 g/mol. The van der Waals surface area contributed by atoms with Crippen molar-refractivity contribution in [3.63, 3.8) is 0 Å². The van der Waals surface area contributed by atoms with Gasteiger partial charge in [-0.05, 0) is 36.7 Å². The smallest absolute Gasteiger partial charge is 0.407 e. The van der Waals surface area contributed by atoms with Crippen LogP contribution in [0.4, 0.5) is 9.59 Å². The number of amides is 4. The van der Waals surface area contributed by atoms with Gasteiger partial charge in [-0.15, -0.1) is 0 Å². The minimum Gasteiger partial charge on any atom is -0.465 e. The molecule has 2 atom stereocenters. The largest absolute Gasteiger partial charge is 0.465 e. The number of hydrogen-bond acceptors (Lipinski definition) is 5. The first-order chi connectivity index (χ1) is 16.2. The van der Waals surface area contributed by atoms with E-state index in [1.54, 1.807) is 0 Å². The van der Waals surface area contributed by atoms with Crippen LogP contribution in [0.3, 0.4) is 0 Å². The molecule has 1 aromatic rings. The van der Waals surface area contributed by atoms with Crippen LogP contribution >= 0.6 is 0 Å². The van der Waals surface area contributed by atoms with Gasteiger partial charge in [-0.3, -0.25) is 14.5 Å². The summed E-state index contributed by atoms with van der Waals surface area (Å²) in [7, 11) is 0. The van der Waals surface area contributed by atoms with Gasteiger partial charge in [0.2, 0.25) is 0 Å². The number of rotatable bonds is 11. The van der Waals surface area contributed by atoms with Crippen LogP contribution in [0.15, 0.2) is 30.3 Å². The van der Waals surface area contributed by atoms with E-state index < -0.39 is 18.0 Å². The zero-order valence-electron chi connectivity index (χ0n) is 20.2. The van der Waals surface area contributed by atoms with Gasteiger partial charge >= 0.3 is 12.1 Å². The SMILES string of the molecule is CC(C)(C)CCCN(CCONC(=O)[C@@H]1CC[C@@H]2CN1C(=O)N2OCc1ccccc1)C(=O)O. The number of carboxylic acid groups (broad SMARTS) is 1. The third kappa shape index (κ3) is 7.07. The molecule has 1 aromatic carbocycles. The van der Waals surface area contributed by atoms with Gasteiger partial charge < -0.3 is 14.9 Å². The second-order valence-corrected chi connectivity index (χ2v) is 10.0. The minimum absolute atomic E-state index is 0.0309. The van der Waals surface area contributed by atoms with Crippen molar-refractivity contribution in [3.05, 3.63) is 35.9 Å². The highest BCUT2D eigenvalue weighted by Gasteiger charge is 2.48. The Morgan fingerprint density at radius 1 is 1.18 bits per heavy atom. The number of piperidine rings is 1. The number of benzene rings is 1. The van der Waals surface area contributed by atoms with E-state index in [-0.39, 0.29) is 37.2 Å². The predicted molar refractivity (Wildman–Crippen MR) is 124 cm³/mol. The molecule has 0 aliphatic carbocycles. The van der Waals surface area contributed by atoms with Crippen molar-refractivity contribution >= 4 is 18.0 Å². The third-order valence-electron chi connectivity index (χ3n) is 6.10. The lowest BCUT2D eigenvalue weighted by atomic mass is 9.90. The Balaban J connectivity index is 1.41. The van der Waals surface area contributed by atoms with E-state index in [0.717, 1.165) is 18.4 Å². The second-order valence-electron chi connectivity index (χ2n) is 10.0. The summed E-state index contributed by atoms with van der Waals surface area (Å²) < 4.78 is 0. The molecule has 10 heteroatoms. The van der Waals surface area contributed by atoms with Gasteiger partial charge in [-0.2, -0.15) is 5.06 Å². The van der Waals surface area contributed by atoms with E-state index in [1.807, 2.05) is 30.3 Å². The lowest BCUT2D eigenvalue weighted by molar-refractivity contribution is -0.141. The van der Waals surface area contributed by atoms with Gasteiger partial charge in [0.05, 0.1) is 12.6 Å². The van der Waals surface area contributed by atoms with Gasteiger partial charge in [0.1, 0.15) is 12.6 Å². The van der Waals surface area contributed by atoms with Crippen LogP contribution in [0.5, 0.6) is 0 Å². The summed E-state index contributed by atoms with van der Waals surface area (Å²) in [5.41, 5.74) is 3.49. The molecule has 0 unspecified atom stereocenters. The number of nitrogens with zero attached hydrogens (tertiary/aromatic N) is 3. The Labute approximate surface area is 200 Å². The van der Waals surface area contributed by atoms with E-state index in [1.165, 1.54) is 14.9 Å². The molecule has 4 amide bonds. The van der Waals surface area contributed by atoms with Crippen molar-refractivity contribution in [2.24, 2.45) is 5.41 Å². The summed E-state index contributed by atoms with van der Waals surface area (Å²) in [6, 6.07) is 8.54. The zero-order valence-corrected chi connectivity index (χ0v) is 20.2. The molecule has 3 rings (SSSR count). The van der Waals surface area contributed by atoms with Crippen molar-refractivity contribution in [1.82, 2.24) is 20.3 Å². The van der Waals surface area contributed by atoms with Crippen LogP contribution < -0.4 is 5.48 Å². The quantitative estimate of drug-likeness (QED) is 0.375. The summed E-state index contributed by atoms with van der Waals surface area (Å²) in [4.78, 5) is 50.8. The van der Waals surface area contributed by atoms with Gasteiger partial charge in [0.25, 0.3) is 5.91 Å². The number of hydroxylamine groups is 3. The highest BCUT2D eigenvalue weighted by molar-refractivity contribution is 5.88. The van der Waals surface area contributed by atoms with Crippen molar-refractivity contribution in [3.8, 4) is 0 Å². The maximum Gasteiger partial charge on any atom is 0.407 e. The van der Waals surface area contributed by atoms with Crippen molar-refractivity contribution in [2.45, 2.75) is 65.1 Å². The molecule has 2 heterocycles. The average molecular weight is 477 g/mol. The van der Waals surface area contributed by atoms with Gasteiger partial charge in [0.15, 0.2) is 0 Å². The molecule has 2 aliphatic rings.